The molecule has 1 amide bonds. The molecule has 0 aliphatic rings. The van der Waals surface area contributed by atoms with E-state index in [1.807, 2.05) is 5.48 Å². The molecule has 0 aliphatic heterocycles. The topological polar surface area (TPSA) is 87.4 Å². The van der Waals surface area contributed by atoms with Gasteiger partial charge < -0.3 is 4.74 Å². The van der Waals surface area contributed by atoms with Gasteiger partial charge in [0.2, 0.25) is 0 Å². The SMILES string of the molecule is C/C(F)=C/c1nn(C(=O)NOSc2ccccc2OC(F)(F)F)c(=O)n1C. The van der Waals surface area contributed by atoms with Crippen molar-refractivity contribution < 1.29 is 31.4 Å². The number of amides is 1. The highest BCUT2D eigenvalue weighted by molar-refractivity contribution is 7.94. The lowest BCUT2D eigenvalue weighted by molar-refractivity contribution is -0.275. The van der Waals surface area contributed by atoms with Gasteiger partial charge in [-0.15, -0.1) is 23.0 Å². The normalized spacial score (nSPS) is 12.1. The van der Waals surface area contributed by atoms with Crippen LogP contribution in [0.4, 0.5) is 22.4 Å². The number of rotatable bonds is 5. The Bertz CT molecular complexity index is 919. The summed E-state index contributed by atoms with van der Waals surface area (Å²) in [6.07, 6.45) is -3.97. The van der Waals surface area contributed by atoms with Gasteiger partial charge in [-0.3, -0.25) is 4.57 Å². The molecule has 0 atom stereocenters. The highest BCUT2D eigenvalue weighted by Gasteiger charge is 2.32. The number of benzene rings is 1. The molecule has 1 N–H and O–H groups in total. The fourth-order valence-corrected chi connectivity index (χ4v) is 2.29. The molecule has 0 unspecified atom stereocenters. The zero-order valence-corrected chi connectivity index (χ0v) is 14.6. The van der Waals surface area contributed by atoms with Crippen LogP contribution in [0.1, 0.15) is 12.7 Å². The molecule has 8 nitrogen and oxygen atoms in total. The van der Waals surface area contributed by atoms with E-state index in [2.05, 4.69) is 9.84 Å². The zero-order chi connectivity index (χ0) is 20.2. The Labute approximate surface area is 153 Å². The Morgan fingerprint density at radius 3 is 2.63 bits per heavy atom. The minimum atomic E-state index is -4.90. The maximum Gasteiger partial charge on any atom is 0.573 e. The summed E-state index contributed by atoms with van der Waals surface area (Å²) in [7, 11) is 1.27. The summed E-state index contributed by atoms with van der Waals surface area (Å²) in [5.41, 5.74) is 0.952. The highest BCUT2D eigenvalue weighted by atomic mass is 32.2. The zero-order valence-electron chi connectivity index (χ0n) is 13.8. The van der Waals surface area contributed by atoms with E-state index in [1.54, 1.807) is 0 Å². The van der Waals surface area contributed by atoms with Crippen molar-refractivity contribution in [3.8, 4) is 5.75 Å². The first-order valence-corrected chi connectivity index (χ1v) is 7.81. The molecular weight excluding hydrogens is 396 g/mol. The van der Waals surface area contributed by atoms with E-state index in [9.17, 15) is 27.2 Å². The number of hydroxylamine groups is 1. The number of halogens is 4. The average Bonchev–Trinajstić information content (AvgIpc) is 2.83. The summed E-state index contributed by atoms with van der Waals surface area (Å²) in [5.74, 6) is -1.29. The van der Waals surface area contributed by atoms with Gasteiger partial charge in [0.25, 0.3) is 0 Å². The second-order valence-corrected chi connectivity index (χ2v) is 5.68. The van der Waals surface area contributed by atoms with E-state index < -0.39 is 29.7 Å². The Morgan fingerprint density at radius 1 is 1.33 bits per heavy atom. The number of carbonyl (C=O) groups excluding carboxylic acids is 1. The number of carbonyl (C=O) groups is 1. The molecule has 0 saturated carbocycles. The first kappa shape index (κ1) is 20.5. The largest absolute Gasteiger partial charge is 0.573 e. The smallest absolute Gasteiger partial charge is 0.405 e. The summed E-state index contributed by atoms with van der Waals surface area (Å²) < 4.78 is 59.8. The third kappa shape index (κ3) is 5.59. The van der Waals surface area contributed by atoms with Gasteiger partial charge in [-0.25, -0.2) is 19.5 Å². The molecule has 0 saturated heterocycles. The van der Waals surface area contributed by atoms with E-state index in [-0.39, 0.29) is 10.7 Å². The van der Waals surface area contributed by atoms with E-state index in [0.29, 0.717) is 16.7 Å². The predicted molar refractivity (Wildman–Crippen MR) is 86.2 cm³/mol. The minimum absolute atomic E-state index is 0.0832. The molecule has 0 bridgehead atoms. The van der Waals surface area contributed by atoms with Crippen LogP contribution < -0.4 is 15.9 Å². The van der Waals surface area contributed by atoms with Crippen molar-refractivity contribution in [3.05, 3.63) is 46.4 Å². The maximum absolute atomic E-state index is 12.9. The van der Waals surface area contributed by atoms with Crippen molar-refractivity contribution in [3.63, 3.8) is 0 Å². The number of para-hydroxylation sites is 1. The highest BCUT2D eigenvalue weighted by Crippen LogP contribution is 2.32. The average molecular weight is 408 g/mol. The van der Waals surface area contributed by atoms with Gasteiger partial charge in [0.15, 0.2) is 5.82 Å². The quantitative estimate of drug-likeness (QED) is 0.465. The maximum atomic E-state index is 12.9. The number of hydrogen-bond donors (Lipinski definition) is 1. The molecule has 0 aliphatic carbocycles. The van der Waals surface area contributed by atoms with Crippen molar-refractivity contribution in [1.29, 1.82) is 0 Å². The molecule has 13 heteroatoms. The van der Waals surface area contributed by atoms with Crippen LogP contribution in [0.5, 0.6) is 5.75 Å². The van der Waals surface area contributed by atoms with Crippen LogP contribution in [0.25, 0.3) is 6.08 Å². The number of nitrogens with one attached hydrogen (secondary N) is 1. The van der Waals surface area contributed by atoms with Crippen molar-refractivity contribution in [2.24, 2.45) is 7.05 Å². The lowest BCUT2D eigenvalue weighted by Crippen LogP contribution is -2.36. The van der Waals surface area contributed by atoms with Gasteiger partial charge in [0.05, 0.1) is 16.9 Å². The van der Waals surface area contributed by atoms with Gasteiger partial charge in [-0.1, -0.05) is 12.1 Å². The fraction of sp³-hybridized carbons (Fsp3) is 0.214. The Balaban J connectivity index is 2.06. The van der Waals surface area contributed by atoms with E-state index in [1.165, 1.54) is 25.2 Å². The van der Waals surface area contributed by atoms with E-state index >= 15 is 0 Å². The number of nitrogens with zero attached hydrogens (tertiary/aromatic N) is 3. The van der Waals surface area contributed by atoms with Crippen molar-refractivity contribution in [2.75, 3.05) is 0 Å². The van der Waals surface area contributed by atoms with Gasteiger partial charge in [0, 0.05) is 13.1 Å². The van der Waals surface area contributed by atoms with E-state index in [4.69, 9.17) is 4.28 Å². The van der Waals surface area contributed by atoms with Gasteiger partial charge in [0.1, 0.15) is 11.6 Å². The molecule has 146 valence electrons. The molecule has 2 rings (SSSR count). The van der Waals surface area contributed by atoms with Crippen LogP contribution in [0.2, 0.25) is 0 Å². The molecule has 0 fully saturated rings. The lowest BCUT2D eigenvalue weighted by Gasteiger charge is -2.12. The Morgan fingerprint density at radius 2 is 2.00 bits per heavy atom. The van der Waals surface area contributed by atoms with Gasteiger partial charge in [-0.05, 0) is 19.1 Å². The third-order valence-electron chi connectivity index (χ3n) is 2.87. The summed E-state index contributed by atoms with van der Waals surface area (Å²) >= 11 is 0.359. The van der Waals surface area contributed by atoms with Crippen LogP contribution in [0, 0.1) is 0 Å². The molecule has 1 heterocycles. The fourth-order valence-electron chi connectivity index (χ4n) is 1.76. The molecule has 27 heavy (non-hydrogen) atoms. The summed E-state index contributed by atoms with van der Waals surface area (Å²) in [6.45, 7) is 1.13. The second-order valence-electron chi connectivity index (χ2n) is 4.91. The van der Waals surface area contributed by atoms with Gasteiger partial charge in [-0.2, -0.15) is 4.28 Å². The van der Waals surface area contributed by atoms with Crippen molar-refractivity contribution in [1.82, 2.24) is 19.8 Å². The number of allylic oxidation sites excluding steroid dienone is 1. The lowest BCUT2D eigenvalue weighted by atomic mass is 10.3. The summed E-state index contributed by atoms with van der Waals surface area (Å²) in [5, 5.41) is 3.62. The number of ether oxygens (including phenoxy) is 1. The molecule has 1 aromatic carbocycles. The standard InChI is InChI=1S/C14H12F4N4O4S/c1-8(15)7-11-19-22(13(24)21(11)2)12(23)20-26-27-10-6-4-3-5-9(10)25-14(16,17)18/h3-7H,1-2H3,(H,20,23)/b8-7-. The van der Waals surface area contributed by atoms with Crippen LogP contribution >= 0.6 is 12.0 Å². The summed E-state index contributed by atoms with van der Waals surface area (Å²) in [6, 6.07) is 3.94. The summed E-state index contributed by atoms with van der Waals surface area (Å²) in [4.78, 5) is 23.7. The van der Waals surface area contributed by atoms with Crippen molar-refractivity contribution >= 4 is 24.1 Å². The first-order chi connectivity index (χ1) is 12.6. The first-order valence-electron chi connectivity index (χ1n) is 7.07. The van der Waals surface area contributed by atoms with Crippen LogP contribution in [-0.2, 0) is 11.3 Å². The van der Waals surface area contributed by atoms with Crippen molar-refractivity contribution in [2.45, 2.75) is 18.2 Å². The number of alkyl halides is 3. The molecule has 1 aromatic heterocycles. The molecular formula is C14H12F4N4O4S. The van der Waals surface area contributed by atoms with Crippen LogP contribution in [0.15, 0.2) is 39.8 Å². The molecule has 2 aromatic rings. The Hall–Kier alpha value is -2.80. The van der Waals surface area contributed by atoms with Crippen LogP contribution in [0.3, 0.4) is 0 Å². The van der Waals surface area contributed by atoms with Gasteiger partial charge >= 0.3 is 18.1 Å². The molecule has 0 radical (unpaired) electrons. The minimum Gasteiger partial charge on any atom is -0.405 e. The second kappa shape index (κ2) is 8.26. The molecule has 0 spiro atoms. The van der Waals surface area contributed by atoms with Crippen LogP contribution in [-0.4, -0.2) is 26.7 Å². The number of hydrogen-bond acceptors (Lipinski definition) is 6. The van der Waals surface area contributed by atoms with E-state index in [0.717, 1.165) is 23.6 Å². The third-order valence-corrected chi connectivity index (χ3v) is 3.55. The number of aromatic nitrogens is 3. The monoisotopic (exact) mass is 408 g/mol. The predicted octanol–water partition coefficient (Wildman–Crippen LogP) is 3.01. The Kier molecular flexibility index (Phi) is 6.28.